The Bertz CT molecular complexity index is 548. The van der Waals surface area contributed by atoms with Gasteiger partial charge in [-0.3, -0.25) is 0 Å². The van der Waals surface area contributed by atoms with Gasteiger partial charge in [-0.05, 0) is 31.7 Å². The minimum atomic E-state index is -3.96. The van der Waals surface area contributed by atoms with E-state index in [1.807, 2.05) is 0 Å². The molecule has 1 N–H and O–H groups in total. The average Bonchev–Trinajstić information content (AvgIpc) is 2.81. The molecule has 1 saturated heterocycles. The first-order valence-electron chi connectivity index (χ1n) is 5.57. The Kier molecular flexibility index (Phi) is 3.65. The molecule has 1 heterocycles. The maximum absolute atomic E-state index is 13.5. The van der Waals surface area contributed by atoms with Crippen molar-refractivity contribution in [3.63, 3.8) is 0 Å². The zero-order valence-electron chi connectivity index (χ0n) is 9.86. The van der Waals surface area contributed by atoms with E-state index in [2.05, 4.69) is 5.32 Å². The first-order valence-corrected chi connectivity index (χ1v) is 7.01. The van der Waals surface area contributed by atoms with Crippen molar-refractivity contribution >= 4 is 10.0 Å². The van der Waals surface area contributed by atoms with E-state index in [0.29, 0.717) is 13.0 Å². The molecule has 1 aromatic rings. The largest absolute Gasteiger partial charge is 0.316 e. The van der Waals surface area contributed by atoms with Gasteiger partial charge in [0.2, 0.25) is 10.0 Å². The topological polar surface area (TPSA) is 49.4 Å². The summed E-state index contributed by atoms with van der Waals surface area (Å²) >= 11 is 0. The number of halogens is 2. The molecule has 0 spiro atoms. The van der Waals surface area contributed by atoms with Crippen molar-refractivity contribution < 1.29 is 17.2 Å². The van der Waals surface area contributed by atoms with Gasteiger partial charge < -0.3 is 5.32 Å². The molecule has 100 valence electrons. The van der Waals surface area contributed by atoms with Gasteiger partial charge in [-0.25, -0.2) is 17.2 Å². The molecule has 0 aliphatic carbocycles. The molecule has 0 aromatic heterocycles. The number of nitrogens with one attached hydrogen (secondary N) is 1. The number of nitrogens with zero attached hydrogens (tertiary/aromatic N) is 1. The van der Waals surface area contributed by atoms with Crippen LogP contribution in [-0.2, 0) is 10.0 Å². The van der Waals surface area contributed by atoms with Crippen molar-refractivity contribution in [2.45, 2.75) is 17.4 Å². The van der Waals surface area contributed by atoms with E-state index in [0.717, 1.165) is 18.2 Å². The van der Waals surface area contributed by atoms with Crippen LogP contribution in [0.4, 0.5) is 8.78 Å². The molecule has 1 unspecified atom stereocenters. The highest BCUT2D eigenvalue weighted by atomic mass is 32.2. The minimum absolute atomic E-state index is 0.0522. The van der Waals surface area contributed by atoms with E-state index in [-0.39, 0.29) is 12.6 Å². The second-order valence-corrected chi connectivity index (χ2v) is 6.12. The summed E-state index contributed by atoms with van der Waals surface area (Å²) in [6.07, 6.45) is 0.659. The van der Waals surface area contributed by atoms with E-state index in [4.69, 9.17) is 0 Å². The van der Waals surface area contributed by atoms with E-state index in [1.54, 1.807) is 7.05 Å². The van der Waals surface area contributed by atoms with Gasteiger partial charge in [0.1, 0.15) is 16.5 Å². The predicted molar refractivity (Wildman–Crippen MR) is 62.6 cm³/mol. The fourth-order valence-corrected chi connectivity index (χ4v) is 3.57. The van der Waals surface area contributed by atoms with Crippen LogP contribution >= 0.6 is 0 Å². The third-order valence-electron chi connectivity index (χ3n) is 3.07. The normalized spacial score (nSPS) is 21.4. The van der Waals surface area contributed by atoms with Gasteiger partial charge in [0, 0.05) is 19.1 Å². The molecule has 1 atom stereocenters. The highest BCUT2D eigenvalue weighted by molar-refractivity contribution is 7.89. The van der Waals surface area contributed by atoms with Crippen LogP contribution in [0.3, 0.4) is 0 Å². The van der Waals surface area contributed by atoms with Gasteiger partial charge in [-0.2, -0.15) is 4.31 Å². The van der Waals surface area contributed by atoms with Crippen LogP contribution in [0.2, 0.25) is 0 Å². The molecule has 1 aliphatic rings. The highest BCUT2D eigenvalue weighted by Gasteiger charge is 2.33. The first kappa shape index (κ1) is 13.4. The Labute approximate surface area is 105 Å². The maximum atomic E-state index is 13.5. The molecule has 0 radical (unpaired) electrons. The molecule has 2 rings (SSSR count). The third-order valence-corrected chi connectivity index (χ3v) is 4.95. The van der Waals surface area contributed by atoms with Gasteiger partial charge in [0.25, 0.3) is 0 Å². The van der Waals surface area contributed by atoms with Gasteiger partial charge in [-0.1, -0.05) is 0 Å². The van der Waals surface area contributed by atoms with Crippen LogP contribution in [0.15, 0.2) is 23.1 Å². The number of likely N-dealkylation sites (N-methyl/N-ethyl adjacent to an activating group) is 1. The number of hydrogen-bond acceptors (Lipinski definition) is 3. The van der Waals surface area contributed by atoms with Gasteiger partial charge in [-0.15, -0.1) is 0 Å². The smallest absolute Gasteiger partial charge is 0.246 e. The average molecular weight is 276 g/mol. The van der Waals surface area contributed by atoms with Gasteiger partial charge in [0.15, 0.2) is 0 Å². The van der Waals surface area contributed by atoms with Gasteiger partial charge in [0.05, 0.1) is 0 Å². The quantitative estimate of drug-likeness (QED) is 0.894. The van der Waals surface area contributed by atoms with Crippen molar-refractivity contribution in [3.8, 4) is 0 Å². The lowest BCUT2D eigenvalue weighted by molar-refractivity contribution is 0.456. The zero-order chi connectivity index (χ0) is 13.3. The van der Waals surface area contributed by atoms with Crippen molar-refractivity contribution in [2.24, 2.45) is 0 Å². The summed E-state index contributed by atoms with van der Waals surface area (Å²) in [5.74, 6) is -1.69. The van der Waals surface area contributed by atoms with Crippen molar-refractivity contribution in [3.05, 3.63) is 29.8 Å². The molecule has 1 aliphatic heterocycles. The standard InChI is InChI=1S/C11H14F2N2O2S/c1-14-9-4-5-15(7-9)18(16,17)11-6-8(12)2-3-10(11)13/h2-3,6,9,14H,4-5,7H2,1H3. The lowest BCUT2D eigenvalue weighted by atomic mass is 10.3. The van der Waals surface area contributed by atoms with Crippen LogP contribution in [0, 0.1) is 11.6 Å². The molecule has 0 bridgehead atoms. The second kappa shape index (κ2) is 4.91. The van der Waals surface area contributed by atoms with Crippen LogP contribution in [0.25, 0.3) is 0 Å². The number of sulfonamides is 1. The Balaban J connectivity index is 2.34. The molecular formula is C11H14F2N2O2S. The molecule has 0 saturated carbocycles. The Morgan fingerprint density at radius 2 is 2.11 bits per heavy atom. The fourth-order valence-electron chi connectivity index (χ4n) is 2.00. The summed E-state index contributed by atoms with van der Waals surface area (Å²) in [5.41, 5.74) is 0. The summed E-state index contributed by atoms with van der Waals surface area (Å²) in [6, 6.07) is 2.50. The third kappa shape index (κ3) is 2.38. The summed E-state index contributed by atoms with van der Waals surface area (Å²) in [6.45, 7) is 0.582. The molecular weight excluding hydrogens is 262 g/mol. The molecule has 1 fully saturated rings. The van der Waals surface area contributed by atoms with Crippen molar-refractivity contribution in [1.82, 2.24) is 9.62 Å². The Hall–Kier alpha value is -1.05. The van der Waals surface area contributed by atoms with Crippen LogP contribution in [0.5, 0.6) is 0 Å². The van der Waals surface area contributed by atoms with E-state index in [1.165, 1.54) is 4.31 Å². The predicted octanol–water partition coefficient (Wildman–Crippen LogP) is 0.947. The molecule has 7 heteroatoms. The van der Waals surface area contributed by atoms with Crippen LogP contribution in [0.1, 0.15) is 6.42 Å². The molecule has 18 heavy (non-hydrogen) atoms. The lowest BCUT2D eigenvalue weighted by Crippen LogP contribution is -2.33. The SMILES string of the molecule is CNC1CCN(S(=O)(=O)c2cc(F)ccc2F)C1. The molecule has 1 aromatic carbocycles. The van der Waals surface area contributed by atoms with E-state index < -0.39 is 26.6 Å². The Morgan fingerprint density at radius 3 is 2.72 bits per heavy atom. The monoisotopic (exact) mass is 276 g/mol. The van der Waals surface area contributed by atoms with Crippen molar-refractivity contribution in [2.75, 3.05) is 20.1 Å². The van der Waals surface area contributed by atoms with Crippen LogP contribution in [-0.4, -0.2) is 38.9 Å². The second-order valence-electron chi connectivity index (χ2n) is 4.21. The first-order chi connectivity index (χ1) is 8.45. The zero-order valence-corrected chi connectivity index (χ0v) is 10.7. The lowest BCUT2D eigenvalue weighted by Gasteiger charge is -2.16. The highest BCUT2D eigenvalue weighted by Crippen LogP contribution is 2.23. The summed E-state index contributed by atoms with van der Waals surface area (Å²) in [5, 5.41) is 2.97. The Morgan fingerprint density at radius 1 is 1.39 bits per heavy atom. The van der Waals surface area contributed by atoms with E-state index >= 15 is 0 Å². The summed E-state index contributed by atoms with van der Waals surface area (Å²) < 4.78 is 52.0. The number of benzene rings is 1. The molecule has 4 nitrogen and oxygen atoms in total. The summed E-state index contributed by atoms with van der Waals surface area (Å²) in [7, 11) is -2.22. The minimum Gasteiger partial charge on any atom is -0.316 e. The fraction of sp³-hybridized carbons (Fsp3) is 0.455. The summed E-state index contributed by atoms with van der Waals surface area (Å²) in [4.78, 5) is -0.598. The maximum Gasteiger partial charge on any atom is 0.246 e. The number of rotatable bonds is 3. The van der Waals surface area contributed by atoms with Crippen LogP contribution < -0.4 is 5.32 Å². The van der Waals surface area contributed by atoms with E-state index in [9.17, 15) is 17.2 Å². The van der Waals surface area contributed by atoms with Crippen molar-refractivity contribution in [1.29, 1.82) is 0 Å². The molecule has 0 amide bonds. The van der Waals surface area contributed by atoms with Gasteiger partial charge >= 0.3 is 0 Å². The number of hydrogen-bond donors (Lipinski definition) is 1.